The largest absolute Gasteiger partial charge is 0.496 e. The van der Waals surface area contributed by atoms with Crippen LogP contribution in [0.25, 0.3) is 22.2 Å². The number of ether oxygens (including phenoxy) is 2. The minimum Gasteiger partial charge on any atom is -0.496 e. The molecular formula is C44H55N5O8S. The Hall–Kier alpha value is -4.98. The molecule has 2 saturated carbocycles. The van der Waals surface area contributed by atoms with Crippen LogP contribution in [-0.4, -0.2) is 96.5 Å². The van der Waals surface area contributed by atoms with Gasteiger partial charge >= 0.3 is 0 Å². The van der Waals surface area contributed by atoms with E-state index in [4.69, 9.17) is 14.5 Å². The van der Waals surface area contributed by atoms with E-state index in [1.165, 1.54) is 11.0 Å². The maximum atomic E-state index is 14.9. The zero-order chi connectivity index (χ0) is 41.6. The molecule has 1 aromatic heterocycles. The molecule has 310 valence electrons. The molecule has 4 fully saturated rings. The van der Waals surface area contributed by atoms with Gasteiger partial charge in [-0.05, 0) is 63.0 Å². The van der Waals surface area contributed by atoms with Gasteiger partial charge in [0.2, 0.25) is 27.7 Å². The predicted octanol–water partition coefficient (Wildman–Crippen LogP) is 5.30. The molecule has 5 atom stereocenters. The van der Waals surface area contributed by atoms with Gasteiger partial charge in [-0.3, -0.25) is 23.9 Å². The van der Waals surface area contributed by atoms with Crippen molar-refractivity contribution in [2.45, 2.75) is 102 Å². The molecule has 2 aromatic carbocycles. The Morgan fingerprint density at radius 1 is 1.03 bits per heavy atom. The van der Waals surface area contributed by atoms with Crippen LogP contribution >= 0.6 is 0 Å². The molecule has 0 radical (unpaired) electrons. The van der Waals surface area contributed by atoms with Crippen LogP contribution < -0.4 is 19.5 Å². The second-order valence-electron chi connectivity index (χ2n) is 17.4. The molecule has 14 heteroatoms. The number of nitrogens with one attached hydrogen (secondary N) is 2. The molecule has 2 N–H and O–H groups in total. The molecule has 2 saturated heterocycles. The summed E-state index contributed by atoms with van der Waals surface area (Å²) in [7, 11) is -2.30. The van der Waals surface area contributed by atoms with Crippen molar-refractivity contribution in [3.63, 3.8) is 0 Å². The van der Waals surface area contributed by atoms with Crippen molar-refractivity contribution in [3.05, 3.63) is 66.7 Å². The fourth-order valence-electron chi connectivity index (χ4n) is 8.44. The lowest BCUT2D eigenvalue weighted by molar-refractivity contribution is -0.148. The molecule has 13 nitrogen and oxygen atoms in total. The van der Waals surface area contributed by atoms with E-state index < -0.39 is 62.0 Å². The number of aryl methyl sites for hydroxylation is 1. The number of sulfonamides is 1. The highest BCUT2D eigenvalue weighted by Gasteiger charge is 2.62. The number of benzene rings is 2. The topological polar surface area (TPSA) is 164 Å². The highest BCUT2D eigenvalue weighted by atomic mass is 32.2. The fraction of sp³-hybridized carbons (Fsp3) is 0.523. The summed E-state index contributed by atoms with van der Waals surface area (Å²) in [5.74, 6) is -1.98. The quantitative estimate of drug-likeness (QED) is 0.218. The van der Waals surface area contributed by atoms with Gasteiger partial charge in [-0.15, -0.1) is 6.58 Å². The zero-order valence-electron chi connectivity index (χ0n) is 34.1. The van der Waals surface area contributed by atoms with Gasteiger partial charge in [-0.2, -0.15) is 0 Å². The smallest absolute Gasteiger partial charge is 0.259 e. The average molecular weight is 814 g/mol. The lowest BCUT2D eigenvalue weighted by Crippen LogP contribution is -2.57. The Bertz CT molecular complexity index is 2210. The monoisotopic (exact) mass is 813 g/mol. The van der Waals surface area contributed by atoms with Crippen molar-refractivity contribution in [1.82, 2.24) is 24.8 Å². The number of pyridine rings is 1. The van der Waals surface area contributed by atoms with Crippen LogP contribution in [0.1, 0.15) is 77.7 Å². The summed E-state index contributed by atoms with van der Waals surface area (Å²) >= 11 is 0. The number of rotatable bonds is 13. The standard InChI is InChI=1S/C44H55N5O8S/c1-7-29-25-44(29,42(53)47-58(54,55)31-16-17-31)46-40(51)35-22-30(26-49(35)41(52)33(43(3,4)5)23-38(50)48-20-12-9-13-21-48)57-37-24-34(28-14-10-8-11-15-28)45-39-27(2)36(56-6)19-18-32(37)39/h7-8,10-11,14-15,18-19,24,29-31,33,35H,1,9,12-13,16-17,20-23,25-26H2,2-6H3,(H,46,51)(H,47,53)/t29-,30-,33-,35+,44?/m1/s1. The minimum atomic E-state index is -3.90. The van der Waals surface area contributed by atoms with Crippen molar-refractivity contribution < 1.29 is 37.1 Å². The van der Waals surface area contributed by atoms with E-state index in [1.807, 2.05) is 81.1 Å². The Labute approximate surface area is 341 Å². The van der Waals surface area contributed by atoms with Crippen molar-refractivity contribution in [2.75, 3.05) is 26.7 Å². The number of carbonyl (C=O) groups is 4. The summed E-state index contributed by atoms with van der Waals surface area (Å²) in [4.78, 5) is 65.1. The maximum Gasteiger partial charge on any atom is 0.259 e. The molecule has 58 heavy (non-hydrogen) atoms. The Balaban J connectivity index is 1.23. The third kappa shape index (κ3) is 8.30. The molecular weight excluding hydrogens is 759 g/mol. The summed E-state index contributed by atoms with van der Waals surface area (Å²) in [6.07, 6.45) is 4.90. The van der Waals surface area contributed by atoms with Gasteiger partial charge in [0.25, 0.3) is 5.91 Å². The highest BCUT2D eigenvalue weighted by molar-refractivity contribution is 7.91. The molecule has 4 amide bonds. The van der Waals surface area contributed by atoms with Gasteiger partial charge in [-0.25, -0.2) is 13.4 Å². The SMILES string of the molecule is C=C[C@@H]1CC1(NC(=O)[C@@H]1C[C@@H](Oc2cc(-c3ccccc3)nc3c(C)c(OC)ccc23)CN1C(=O)[C@@H](CC(=O)N1CCCCC1)C(C)(C)C)C(=O)NS(=O)(=O)C1CC1. The molecule has 0 bridgehead atoms. The van der Waals surface area contributed by atoms with E-state index in [1.54, 1.807) is 7.11 Å². The van der Waals surface area contributed by atoms with E-state index in [0.717, 1.165) is 35.8 Å². The predicted molar refractivity (Wildman–Crippen MR) is 220 cm³/mol. The number of likely N-dealkylation sites (tertiary alicyclic amines) is 2. The number of fused-ring (bicyclic) bond motifs is 1. The lowest BCUT2D eigenvalue weighted by Gasteiger charge is -2.36. The summed E-state index contributed by atoms with van der Waals surface area (Å²) in [5.41, 5.74) is 0.859. The van der Waals surface area contributed by atoms with Gasteiger partial charge in [0.15, 0.2) is 0 Å². The third-order valence-electron chi connectivity index (χ3n) is 12.3. The first kappa shape index (κ1) is 41.2. The van der Waals surface area contributed by atoms with E-state index in [9.17, 15) is 27.6 Å². The second-order valence-corrected chi connectivity index (χ2v) is 19.4. The van der Waals surface area contributed by atoms with Crippen LogP contribution in [0.4, 0.5) is 0 Å². The maximum absolute atomic E-state index is 14.9. The summed E-state index contributed by atoms with van der Waals surface area (Å²) in [6, 6.07) is 14.2. The first-order valence-corrected chi connectivity index (χ1v) is 21.9. The van der Waals surface area contributed by atoms with Gasteiger partial charge < -0.3 is 24.6 Å². The van der Waals surface area contributed by atoms with Crippen molar-refractivity contribution in [3.8, 4) is 22.8 Å². The van der Waals surface area contributed by atoms with Gasteiger partial charge in [0.05, 0.1) is 36.0 Å². The zero-order valence-corrected chi connectivity index (χ0v) is 34.9. The Morgan fingerprint density at radius 2 is 1.74 bits per heavy atom. The number of piperidine rings is 1. The average Bonchev–Trinajstić information content (AvgIpc) is 4.14. The summed E-state index contributed by atoms with van der Waals surface area (Å²) in [6.45, 7) is 12.8. The molecule has 3 heterocycles. The van der Waals surface area contributed by atoms with Crippen LogP contribution in [0.3, 0.4) is 0 Å². The normalized spacial score (nSPS) is 23.8. The molecule has 2 aliphatic heterocycles. The molecule has 1 unspecified atom stereocenters. The van der Waals surface area contributed by atoms with E-state index in [2.05, 4.69) is 16.6 Å². The van der Waals surface area contributed by atoms with Crippen molar-refractivity contribution in [2.24, 2.45) is 17.3 Å². The van der Waals surface area contributed by atoms with Crippen molar-refractivity contribution >= 4 is 44.6 Å². The molecule has 0 spiro atoms. The second kappa shape index (κ2) is 16.0. The first-order valence-electron chi connectivity index (χ1n) is 20.4. The van der Waals surface area contributed by atoms with Crippen LogP contribution in [0, 0.1) is 24.2 Å². The number of hydrogen-bond acceptors (Lipinski definition) is 9. The van der Waals surface area contributed by atoms with Gasteiger partial charge in [0.1, 0.15) is 29.2 Å². The van der Waals surface area contributed by atoms with Crippen LogP contribution in [0.2, 0.25) is 0 Å². The van der Waals surface area contributed by atoms with E-state index >= 15 is 0 Å². The molecule has 4 aliphatic rings. The minimum absolute atomic E-state index is 0.0147. The number of aromatic nitrogens is 1. The van der Waals surface area contributed by atoms with Crippen LogP contribution in [0.5, 0.6) is 11.5 Å². The van der Waals surface area contributed by atoms with E-state index in [0.29, 0.717) is 48.6 Å². The van der Waals surface area contributed by atoms with Crippen LogP contribution in [-0.2, 0) is 29.2 Å². The first-order chi connectivity index (χ1) is 27.6. The highest BCUT2D eigenvalue weighted by Crippen LogP contribution is 2.46. The molecule has 7 rings (SSSR count). The fourth-order valence-corrected chi connectivity index (χ4v) is 9.80. The number of nitrogens with zero attached hydrogens (tertiary/aromatic N) is 3. The number of methoxy groups -OCH3 is 1. The van der Waals surface area contributed by atoms with Gasteiger partial charge in [0, 0.05) is 54.4 Å². The van der Waals surface area contributed by atoms with Crippen molar-refractivity contribution in [1.29, 1.82) is 0 Å². The third-order valence-corrected chi connectivity index (χ3v) is 14.1. The number of carbonyl (C=O) groups excluding carboxylic acids is 4. The molecule has 2 aliphatic carbocycles. The summed E-state index contributed by atoms with van der Waals surface area (Å²) < 4.78 is 40.3. The lowest BCUT2D eigenvalue weighted by atomic mass is 9.77. The van der Waals surface area contributed by atoms with Gasteiger partial charge in [-0.1, -0.05) is 57.2 Å². The Morgan fingerprint density at radius 3 is 2.36 bits per heavy atom. The number of amides is 4. The van der Waals surface area contributed by atoms with E-state index in [-0.39, 0.29) is 37.6 Å². The Kier molecular flexibility index (Phi) is 11.4. The molecule has 3 aromatic rings. The van der Waals surface area contributed by atoms with Crippen LogP contribution in [0.15, 0.2) is 61.2 Å². The number of hydrogen-bond donors (Lipinski definition) is 2. The summed E-state index contributed by atoms with van der Waals surface area (Å²) in [5, 5.41) is 2.97.